The van der Waals surface area contributed by atoms with E-state index in [9.17, 15) is 13.2 Å². The Labute approximate surface area is 155 Å². The molecule has 1 saturated heterocycles. The Morgan fingerprint density at radius 1 is 1.32 bits per heavy atom. The van der Waals surface area contributed by atoms with Gasteiger partial charge in [0.1, 0.15) is 0 Å². The molecule has 0 aromatic heterocycles. The minimum Gasteiger partial charge on any atom is -0.343 e. The lowest BCUT2D eigenvalue weighted by Crippen LogP contribution is -2.46. The number of aryl methyl sites for hydroxylation is 1. The van der Waals surface area contributed by atoms with E-state index in [-0.39, 0.29) is 16.8 Å². The number of carbonyl (C=O) groups is 1. The Bertz CT molecular complexity index is 701. The molecule has 25 heavy (non-hydrogen) atoms. The number of hydrogen-bond donors (Lipinski definition) is 2. The minimum atomic E-state index is -3.57. The highest BCUT2D eigenvalue weighted by atomic mass is 35.5. The zero-order chi connectivity index (χ0) is 18.4. The summed E-state index contributed by atoms with van der Waals surface area (Å²) in [5.74, 6) is 0.143. The first kappa shape index (κ1) is 20.2. The Morgan fingerprint density at radius 2 is 2.00 bits per heavy atom. The van der Waals surface area contributed by atoms with E-state index in [4.69, 9.17) is 11.6 Å². The summed E-state index contributed by atoms with van der Waals surface area (Å²) in [6.45, 7) is 3.78. The van der Waals surface area contributed by atoms with E-state index in [1.165, 1.54) is 6.07 Å². The predicted molar refractivity (Wildman–Crippen MR) is 99.3 cm³/mol. The van der Waals surface area contributed by atoms with Crippen LogP contribution in [-0.2, 0) is 14.8 Å². The van der Waals surface area contributed by atoms with Crippen LogP contribution in [0.5, 0.6) is 0 Å². The Kier molecular flexibility index (Phi) is 7.25. The van der Waals surface area contributed by atoms with Gasteiger partial charge in [-0.25, -0.2) is 13.1 Å². The minimum absolute atomic E-state index is 0.143. The molecular formula is C17H26ClN3O3S. The number of halogens is 1. The fraction of sp³-hybridized carbons (Fsp3) is 0.588. The number of rotatable bonds is 7. The van der Waals surface area contributed by atoms with Gasteiger partial charge >= 0.3 is 0 Å². The van der Waals surface area contributed by atoms with Crippen LogP contribution in [0.25, 0.3) is 0 Å². The van der Waals surface area contributed by atoms with Gasteiger partial charge in [0, 0.05) is 30.6 Å². The molecule has 0 bridgehead atoms. The number of nitrogens with one attached hydrogen (secondary N) is 2. The SMILES string of the molecule is CNCCCC(=O)N1CCC(NS(=O)(=O)c2ccc(Cl)c(C)c2)CC1. The topological polar surface area (TPSA) is 78.5 Å². The number of carbonyl (C=O) groups excluding carboxylic acids is 1. The Balaban J connectivity index is 1.88. The van der Waals surface area contributed by atoms with E-state index in [2.05, 4.69) is 10.0 Å². The molecule has 0 spiro atoms. The van der Waals surface area contributed by atoms with Crippen LogP contribution in [0, 0.1) is 6.92 Å². The summed E-state index contributed by atoms with van der Waals surface area (Å²) in [6.07, 6.45) is 2.60. The molecule has 1 heterocycles. The lowest BCUT2D eigenvalue weighted by Gasteiger charge is -2.32. The number of hydrogen-bond acceptors (Lipinski definition) is 4. The van der Waals surface area contributed by atoms with Gasteiger partial charge in [0.05, 0.1) is 4.90 Å². The first-order chi connectivity index (χ1) is 11.8. The molecule has 1 aliphatic rings. The summed E-state index contributed by atoms with van der Waals surface area (Å²) >= 11 is 5.96. The average Bonchev–Trinajstić information content (AvgIpc) is 2.57. The number of likely N-dealkylation sites (tertiary alicyclic amines) is 1. The van der Waals surface area contributed by atoms with Crippen molar-refractivity contribution in [1.29, 1.82) is 0 Å². The summed E-state index contributed by atoms with van der Waals surface area (Å²) in [5, 5.41) is 3.57. The number of piperidine rings is 1. The molecule has 0 aliphatic carbocycles. The van der Waals surface area contributed by atoms with Crippen LogP contribution in [-0.4, -0.2) is 51.9 Å². The lowest BCUT2D eigenvalue weighted by molar-refractivity contribution is -0.132. The molecule has 6 nitrogen and oxygen atoms in total. The smallest absolute Gasteiger partial charge is 0.240 e. The standard InChI is InChI=1S/C17H26ClN3O3S/c1-13-12-15(5-6-16(13)18)25(23,24)20-14-7-10-21(11-8-14)17(22)4-3-9-19-2/h5-6,12,14,19-20H,3-4,7-11H2,1-2H3. The van der Waals surface area contributed by atoms with Gasteiger partial charge in [0.15, 0.2) is 0 Å². The van der Waals surface area contributed by atoms with Crippen LogP contribution in [0.4, 0.5) is 0 Å². The van der Waals surface area contributed by atoms with Crippen molar-refractivity contribution in [3.63, 3.8) is 0 Å². The van der Waals surface area contributed by atoms with Crippen molar-refractivity contribution in [3.05, 3.63) is 28.8 Å². The monoisotopic (exact) mass is 387 g/mol. The van der Waals surface area contributed by atoms with Gasteiger partial charge in [0.25, 0.3) is 0 Å². The van der Waals surface area contributed by atoms with E-state index in [0.29, 0.717) is 37.4 Å². The normalized spacial score (nSPS) is 16.2. The maximum atomic E-state index is 12.5. The van der Waals surface area contributed by atoms with Crippen LogP contribution in [0.2, 0.25) is 5.02 Å². The van der Waals surface area contributed by atoms with Crippen LogP contribution < -0.4 is 10.0 Å². The molecule has 0 saturated carbocycles. The molecule has 1 aliphatic heterocycles. The molecule has 8 heteroatoms. The molecule has 2 rings (SSSR count). The fourth-order valence-electron chi connectivity index (χ4n) is 2.89. The van der Waals surface area contributed by atoms with Gasteiger partial charge in [-0.3, -0.25) is 4.79 Å². The third-order valence-corrected chi connectivity index (χ3v) is 6.37. The first-order valence-electron chi connectivity index (χ1n) is 8.54. The van der Waals surface area contributed by atoms with E-state index >= 15 is 0 Å². The van der Waals surface area contributed by atoms with E-state index < -0.39 is 10.0 Å². The maximum absolute atomic E-state index is 12.5. The van der Waals surface area contributed by atoms with Gasteiger partial charge in [-0.2, -0.15) is 0 Å². The van der Waals surface area contributed by atoms with Crippen LogP contribution in [0.3, 0.4) is 0 Å². The summed E-state index contributed by atoms with van der Waals surface area (Å²) < 4.78 is 27.8. The number of nitrogens with zero attached hydrogens (tertiary/aromatic N) is 1. The molecule has 0 unspecified atom stereocenters. The number of benzene rings is 1. The van der Waals surface area contributed by atoms with Crippen LogP contribution >= 0.6 is 11.6 Å². The molecule has 140 valence electrons. The first-order valence-corrected chi connectivity index (χ1v) is 10.4. The van der Waals surface area contributed by atoms with Crippen molar-refractivity contribution in [3.8, 4) is 0 Å². The van der Waals surface area contributed by atoms with Crippen LogP contribution in [0.15, 0.2) is 23.1 Å². The Morgan fingerprint density at radius 3 is 2.60 bits per heavy atom. The molecule has 2 N–H and O–H groups in total. The number of sulfonamides is 1. The second-order valence-electron chi connectivity index (χ2n) is 6.39. The van der Waals surface area contributed by atoms with Crippen molar-refractivity contribution < 1.29 is 13.2 Å². The Hall–Kier alpha value is -1.15. The zero-order valence-corrected chi connectivity index (χ0v) is 16.3. The second kappa shape index (κ2) is 8.98. The summed E-state index contributed by atoms with van der Waals surface area (Å²) in [6, 6.07) is 4.53. The maximum Gasteiger partial charge on any atom is 0.240 e. The van der Waals surface area contributed by atoms with Gasteiger partial charge in [-0.1, -0.05) is 11.6 Å². The molecule has 1 amide bonds. The quantitative estimate of drug-likeness (QED) is 0.700. The third-order valence-electron chi connectivity index (χ3n) is 4.43. The van der Waals surface area contributed by atoms with Crippen molar-refractivity contribution in [2.75, 3.05) is 26.7 Å². The molecular weight excluding hydrogens is 362 g/mol. The highest BCUT2D eigenvalue weighted by Crippen LogP contribution is 2.21. The highest BCUT2D eigenvalue weighted by Gasteiger charge is 2.26. The zero-order valence-electron chi connectivity index (χ0n) is 14.7. The third kappa shape index (κ3) is 5.67. The van der Waals surface area contributed by atoms with Crippen LogP contribution in [0.1, 0.15) is 31.2 Å². The van der Waals surface area contributed by atoms with Gasteiger partial charge in [0.2, 0.25) is 15.9 Å². The van der Waals surface area contributed by atoms with Crippen molar-refractivity contribution in [2.45, 2.75) is 43.5 Å². The van der Waals surface area contributed by atoms with Crippen molar-refractivity contribution >= 4 is 27.5 Å². The molecule has 0 radical (unpaired) electrons. The van der Waals surface area contributed by atoms with Crippen molar-refractivity contribution in [1.82, 2.24) is 14.9 Å². The molecule has 1 aromatic carbocycles. The fourth-order valence-corrected chi connectivity index (χ4v) is 4.40. The number of amides is 1. The molecule has 0 atom stereocenters. The second-order valence-corrected chi connectivity index (χ2v) is 8.52. The lowest BCUT2D eigenvalue weighted by atomic mass is 10.1. The molecule has 1 aromatic rings. The van der Waals surface area contributed by atoms with Crippen molar-refractivity contribution in [2.24, 2.45) is 0 Å². The highest BCUT2D eigenvalue weighted by molar-refractivity contribution is 7.89. The van der Waals surface area contributed by atoms with Gasteiger partial charge in [-0.05, 0) is 63.5 Å². The van der Waals surface area contributed by atoms with Gasteiger partial charge < -0.3 is 10.2 Å². The summed E-state index contributed by atoms with van der Waals surface area (Å²) in [4.78, 5) is 14.2. The molecule has 1 fully saturated rings. The average molecular weight is 388 g/mol. The predicted octanol–water partition coefficient (Wildman–Crippen LogP) is 1.92. The van der Waals surface area contributed by atoms with Gasteiger partial charge in [-0.15, -0.1) is 0 Å². The largest absolute Gasteiger partial charge is 0.343 e. The summed E-state index contributed by atoms with van der Waals surface area (Å²) in [5.41, 5.74) is 0.728. The van der Waals surface area contributed by atoms with E-state index in [1.54, 1.807) is 19.1 Å². The van der Waals surface area contributed by atoms with E-state index in [0.717, 1.165) is 18.5 Å². The summed E-state index contributed by atoms with van der Waals surface area (Å²) in [7, 11) is -1.71. The van der Waals surface area contributed by atoms with E-state index in [1.807, 2.05) is 11.9 Å².